The molecular formula is C19H21ClF2N2O3. The van der Waals surface area contributed by atoms with Gasteiger partial charge in [-0.05, 0) is 17.2 Å². The van der Waals surface area contributed by atoms with E-state index in [4.69, 9.17) is 25.8 Å². The van der Waals surface area contributed by atoms with Gasteiger partial charge in [0.05, 0.1) is 31.7 Å². The maximum absolute atomic E-state index is 14.4. The van der Waals surface area contributed by atoms with Gasteiger partial charge < -0.3 is 19.2 Å². The van der Waals surface area contributed by atoms with Crippen molar-refractivity contribution >= 4 is 17.7 Å². The second-order valence-electron chi connectivity index (χ2n) is 6.10. The minimum absolute atomic E-state index is 0.123. The summed E-state index contributed by atoms with van der Waals surface area (Å²) in [6, 6.07) is 2.23. The Kier molecular flexibility index (Phi) is 6.82. The smallest absolute Gasteiger partial charge is 0.165 e. The summed E-state index contributed by atoms with van der Waals surface area (Å²) in [7, 11) is 1.57. The summed E-state index contributed by atoms with van der Waals surface area (Å²) in [5.41, 5.74) is 1.77. The molecule has 1 aromatic carbocycles. The molecule has 0 saturated carbocycles. The Balaban J connectivity index is 1.67. The van der Waals surface area contributed by atoms with Crippen LogP contribution in [0.15, 0.2) is 23.3 Å². The summed E-state index contributed by atoms with van der Waals surface area (Å²) < 4.78 is 44.1. The minimum atomic E-state index is -0.614. The highest BCUT2D eigenvalue weighted by molar-refractivity contribution is 6.24. The number of hydrogen-bond donors (Lipinski definition) is 1. The zero-order valence-corrected chi connectivity index (χ0v) is 15.7. The predicted octanol–water partition coefficient (Wildman–Crippen LogP) is 1.95. The fourth-order valence-electron chi connectivity index (χ4n) is 2.81. The molecule has 5 nitrogen and oxygen atoms in total. The van der Waals surface area contributed by atoms with Crippen LogP contribution in [0.2, 0.25) is 0 Å². The maximum Gasteiger partial charge on any atom is 0.165 e. The number of methoxy groups -OCH3 is 1. The molecule has 0 fully saturated rings. The van der Waals surface area contributed by atoms with Crippen molar-refractivity contribution in [1.29, 1.82) is 0 Å². The number of fused-ring (bicyclic) bond motifs is 1. The second kappa shape index (κ2) is 9.30. The van der Waals surface area contributed by atoms with Gasteiger partial charge in [0.25, 0.3) is 0 Å². The fourth-order valence-corrected chi connectivity index (χ4v) is 3.01. The Bertz CT molecular complexity index is 901. The van der Waals surface area contributed by atoms with E-state index in [0.29, 0.717) is 19.8 Å². The summed E-state index contributed by atoms with van der Waals surface area (Å²) in [5.74, 6) is -1.28. The molecule has 0 spiro atoms. The van der Waals surface area contributed by atoms with Crippen LogP contribution in [0.1, 0.15) is 11.1 Å². The van der Waals surface area contributed by atoms with Crippen LogP contribution in [0.3, 0.4) is 0 Å². The SMILES string of the molecule is COCCOCCOc1cc(F)c(Cc2c[nH]c3c2=CC(Cl)CN=3)cc1F. The molecule has 8 heteroatoms. The Morgan fingerprint density at radius 3 is 2.78 bits per heavy atom. The van der Waals surface area contributed by atoms with E-state index < -0.39 is 11.6 Å². The van der Waals surface area contributed by atoms with Crippen molar-refractivity contribution in [2.45, 2.75) is 11.8 Å². The normalized spacial score (nSPS) is 15.8. The first kappa shape index (κ1) is 19.8. The van der Waals surface area contributed by atoms with Crippen molar-refractivity contribution in [3.8, 4) is 5.75 Å². The molecule has 2 heterocycles. The van der Waals surface area contributed by atoms with Gasteiger partial charge in [-0.1, -0.05) is 6.08 Å². The van der Waals surface area contributed by atoms with Gasteiger partial charge in [-0.3, -0.25) is 4.99 Å². The molecule has 0 radical (unpaired) electrons. The highest BCUT2D eigenvalue weighted by Crippen LogP contribution is 2.23. The third kappa shape index (κ3) is 5.06. The van der Waals surface area contributed by atoms with Crippen molar-refractivity contribution in [2.75, 3.05) is 40.1 Å². The van der Waals surface area contributed by atoms with Crippen LogP contribution in [0.25, 0.3) is 6.08 Å². The van der Waals surface area contributed by atoms with Crippen molar-refractivity contribution in [1.82, 2.24) is 4.98 Å². The number of nitrogens with one attached hydrogen (secondary N) is 1. The summed E-state index contributed by atoms with van der Waals surface area (Å²) in [6.45, 7) is 1.77. The maximum atomic E-state index is 14.4. The topological polar surface area (TPSA) is 55.8 Å². The zero-order chi connectivity index (χ0) is 19.2. The number of ether oxygens (including phenoxy) is 3. The molecule has 0 amide bonds. The van der Waals surface area contributed by atoms with Gasteiger partial charge >= 0.3 is 0 Å². The third-order valence-corrected chi connectivity index (χ3v) is 4.42. The summed E-state index contributed by atoms with van der Waals surface area (Å²) in [5, 5.41) is 0.644. The number of halogens is 3. The van der Waals surface area contributed by atoms with E-state index in [1.54, 1.807) is 13.3 Å². The van der Waals surface area contributed by atoms with Gasteiger partial charge in [0.1, 0.15) is 17.9 Å². The molecule has 1 unspecified atom stereocenters. The fraction of sp³-hybridized carbons (Fsp3) is 0.421. The molecule has 1 aliphatic heterocycles. The van der Waals surface area contributed by atoms with Crippen molar-refractivity contribution < 1.29 is 23.0 Å². The average molecular weight is 399 g/mol. The summed E-state index contributed by atoms with van der Waals surface area (Å²) >= 11 is 6.11. The lowest BCUT2D eigenvalue weighted by molar-refractivity contribution is 0.0537. The number of H-pyrrole nitrogens is 1. The first-order valence-electron chi connectivity index (χ1n) is 8.62. The van der Waals surface area contributed by atoms with E-state index >= 15 is 0 Å². The number of alkyl halides is 1. The monoisotopic (exact) mass is 398 g/mol. The molecule has 1 N–H and O–H groups in total. The quantitative estimate of drug-likeness (QED) is 0.519. The number of hydrogen-bond acceptors (Lipinski definition) is 4. The Labute approximate surface area is 160 Å². The van der Waals surface area contributed by atoms with Gasteiger partial charge in [0.15, 0.2) is 11.6 Å². The highest BCUT2D eigenvalue weighted by atomic mass is 35.5. The molecule has 27 heavy (non-hydrogen) atoms. The lowest BCUT2D eigenvalue weighted by atomic mass is 10.0. The van der Waals surface area contributed by atoms with Crippen LogP contribution in [-0.4, -0.2) is 50.4 Å². The molecule has 1 aliphatic rings. The average Bonchev–Trinajstić information content (AvgIpc) is 3.03. The number of aromatic nitrogens is 1. The number of benzene rings is 1. The first-order chi connectivity index (χ1) is 13.1. The molecule has 0 bridgehead atoms. The van der Waals surface area contributed by atoms with Gasteiger partial charge in [0, 0.05) is 31.0 Å². The third-order valence-electron chi connectivity index (χ3n) is 4.15. The van der Waals surface area contributed by atoms with Crippen LogP contribution in [0.4, 0.5) is 8.78 Å². The van der Waals surface area contributed by atoms with E-state index in [9.17, 15) is 8.78 Å². The molecular weight excluding hydrogens is 378 g/mol. The van der Waals surface area contributed by atoms with Crippen LogP contribution < -0.4 is 15.4 Å². The van der Waals surface area contributed by atoms with Crippen molar-refractivity contribution in [3.05, 3.63) is 51.8 Å². The van der Waals surface area contributed by atoms with Gasteiger partial charge in [-0.15, -0.1) is 11.6 Å². The molecule has 0 aliphatic carbocycles. The highest BCUT2D eigenvalue weighted by Gasteiger charge is 2.15. The zero-order valence-electron chi connectivity index (χ0n) is 14.9. The van der Waals surface area contributed by atoms with E-state index in [-0.39, 0.29) is 36.3 Å². The Morgan fingerprint density at radius 2 is 1.96 bits per heavy atom. The molecule has 1 aromatic heterocycles. The summed E-state index contributed by atoms with van der Waals surface area (Å²) in [6.07, 6.45) is 3.86. The molecule has 1 atom stereocenters. The minimum Gasteiger partial charge on any atom is -0.488 e. The van der Waals surface area contributed by atoms with Gasteiger partial charge in [-0.2, -0.15) is 0 Å². The van der Waals surface area contributed by atoms with E-state index in [1.807, 2.05) is 6.08 Å². The largest absolute Gasteiger partial charge is 0.488 e. The number of rotatable bonds is 9. The van der Waals surface area contributed by atoms with Crippen LogP contribution >= 0.6 is 11.6 Å². The number of aromatic amines is 1. The lowest BCUT2D eigenvalue weighted by Gasteiger charge is -2.10. The van der Waals surface area contributed by atoms with Crippen LogP contribution in [0, 0.1) is 11.6 Å². The van der Waals surface area contributed by atoms with E-state index in [0.717, 1.165) is 28.4 Å². The molecule has 146 valence electrons. The van der Waals surface area contributed by atoms with Crippen molar-refractivity contribution in [2.24, 2.45) is 4.99 Å². The van der Waals surface area contributed by atoms with E-state index in [2.05, 4.69) is 9.98 Å². The van der Waals surface area contributed by atoms with Crippen molar-refractivity contribution in [3.63, 3.8) is 0 Å². The Morgan fingerprint density at radius 1 is 1.15 bits per heavy atom. The lowest BCUT2D eigenvalue weighted by Crippen LogP contribution is -2.32. The molecule has 3 rings (SSSR count). The predicted molar refractivity (Wildman–Crippen MR) is 97.9 cm³/mol. The van der Waals surface area contributed by atoms with Crippen LogP contribution in [0.5, 0.6) is 5.75 Å². The van der Waals surface area contributed by atoms with Gasteiger partial charge in [0.2, 0.25) is 0 Å². The van der Waals surface area contributed by atoms with Crippen LogP contribution in [-0.2, 0) is 15.9 Å². The second-order valence-corrected chi connectivity index (χ2v) is 6.66. The molecule has 2 aromatic rings. The molecule has 0 saturated heterocycles. The van der Waals surface area contributed by atoms with E-state index in [1.165, 1.54) is 0 Å². The first-order valence-corrected chi connectivity index (χ1v) is 9.06. The number of nitrogens with zero attached hydrogens (tertiary/aromatic N) is 1. The standard InChI is InChI=1S/C19H21ClF2N2O3/c1-25-2-3-26-4-5-27-18-9-16(21)12(7-17(18)22)6-13-10-23-19-15(13)8-14(20)11-24-19/h7-10,14H,2-6,11H2,1H3,(H,23,24). The van der Waals surface area contributed by atoms with Gasteiger partial charge in [-0.25, -0.2) is 8.78 Å². The Hall–Kier alpha value is -1.96. The summed E-state index contributed by atoms with van der Waals surface area (Å²) in [4.78, 5) is 7.37.